The Kier molecular flexibility index (Phi) is 11.3. The fraction of sp³-hybridized carbons (Fsp3) is 0.211. The molecule has 252 valence electrons. The van der Waals surface area contributed by atoms with Gasteiger partial charge < -0.3 is 37.2 Å². The number of hydrogen-bond acceptors (Lipinski definition) is 4. The van der Waals surface area contributed by atoms with Gasteiger partial charge in [-0.05, 0) is 102 Å². The lowest BCUT2D eigenvalue weighted by molar-refractivity contribution is -0.117. The first-order valence-electron chi connectivity index (χ1n) is 16.2. The van der Waals surface area contributed by atoms with Crippen LogP contribution in [-0.2, 0) is 24.3 Å². The molecule has 0 saturated carbocycles. The Morgan fingerprint density at radius 2 is 1.04 bits per heavy atom. The van der Waals surface area contributed by atoms with Crippen LogP contribution in [0, 0.1) is 0 Å². The van der Waals surface area contributed by atoms with E-state index < -0.39 is 0 Å². The molecule has 7 amide bonds. The van der Waals surface area contributed by atoms with E-state index in [1.807, 2.05) is 60.7 Å². The zero-order chi connectivity index (χ0) is 34.8. The molecule has 0 unspecified atom stereocenters. The molecule has 0 fully saturated rings. The number of amides is 7. The van der Waals surface area contributed by atoms with Gasteiger partial charge in [-0.15, -0.1) is 0 Å². The third kappa shape index (κ3) is 9.71. The molecule has 11 heteroatoms. The quantitative estimate of drug-likeness (QED) is 0.0554. The molecule has 1 aliphatic rings. The van der Waals surface area contributed by atoms with Crippen LogP contribution >= 0.6 is 0 Å². The third-order valence-corrected chi connectivity index (χ3v) is 7.93. The summed E-state index contributed by atoms with van der Waals surface area (Å²) >= 11 is 0. The van der Waals surface area contributed by atoms with Gasteiger partial charge in [-0.1, -0.05) is 56.3 Å². The number of fused-ring (bicyclic) bond motifs is 3. The second kappa shape index (κ2) is 16.1. The summed E-state index contributed by atoms with van der Waals surface area (Å²) in [6, 6.07) is 25.2. The van der Waals surface area contributed by atoms with Gasteiger partial charge in [0.25, 0.3) is 0 Å². The van der Waals surface area contributed by atoms with E-state index in [4.69, 9.17) is 0 Å². The van der Waals surface area contributed by atoms with Crippen LogP contribution < -0.4 is 37.2 Å². The van der Waals surface area contributed by atoms with Gasteiger partial charge in [0.1, 0.15) is 0 Å². The summed E-state index contributed by atoms with van der Waals surface area (Å²) in [6.07, 6.45) is 2.62. The van der Waals surface area contributed by atoms with Gasteiger partial charge >= 0.3 is 18.1 Å². The molecule has 5 rings (SSSR count). The summed E-state index contributed by atoms with van der Waals surface area (Å²) < 4.78 is 0. The van der Waals surface area contributed by atoms with E-state index in [0.29, 0.717) is 54.4 Å². The maximum absolute atomic E-state index is 12.7. The van der Waals surface area contributed by atoms with Crippen LogP contribution in [0.15, 0.2) is 97.1 Å². The molecular formula is C38H41N7O4. The van der Waals surface area contributed by atoms with Crippen molar-refractivity contribution in [3.8, 4) is 11.1 Å². The van der Waals surface area contributed by atoms with Gasteiger partial charge in [0.2, 0.25) is 5.91 Å². The lowest BCUT2D eigenvalue weighted by Crippen LogP contribution is -2.35. The summed E-state index contributed by atoms with van der Waals surface area (Å²) in [6.45, 7) is 8.76. The molecule has 0 heterocycles. The van der Waals surface area contributed by atoms with Gasteiger partial charge in [-0.25, -0.2) is 14.4 Å². The van der Waals surface area contributed by atoms with Crippen molar-refractivity contribution in [2.75, 3.05) is 27.8 Å². The number of anilines is 4. The van der Waals surface area contributed by atoms with Gasteiger partial charge in [-0.3, -0.25) is 4.79 Å². The smallest absolute Gasteiger partial charge is 0.323 e. The molecular weight excluding hydrogens is 618 g/mol. The second-order valence-corrected chi connectivity index (χ2v) is 11.9. The van der Waals surface area contributed by atoms with Crippen molar-refractivity contribution in [3.05, 3.63) is 119 Å². The lowest BCUT2D eigenvalue weighted by atomic mass is 10.1. The van der Waals surface area contributed by atoms with Gasteiger partial charge in [-0.2, -0.15) is 0 Å². The number of benzene rings is 4. The normalized spacial score (nSPS) is 11.0. The van der Waals surface area contributed by atoms with E-state index in [1.165, 1.54) is 0 Å². The Hall–Kier alpha value is -6.10. The number of carbonyl (C=O) groups excluding carboxylic acids is 4. The minimum atomic E-state index is -0.368. The van der Waals surface area contributed by atoms with E-state index in [0.717, 1.165) is 46.2 Å². The molecule has 49 heavy (non-hydrogen) atoms. The first-order valence-corrected chi connectivity index (χ1v) is 16.2. The van der Waals surface area contributed by atoms with Crippen molar-refractivity contribution in [3.63, 3.8) is 0 Å². The molecule has 0 bridgehead atoms. The number of rotatable bonds is 12. The molecule has 0 atom stereocenters. The Balaban J connectivity index is 1.09. The predicted octanol–water partition coefficient (Wildman–Crippen LogP) is 7.34. The van der Waals surface area contributed by atoms with Crippen molar-refractivity contribution >= 4 is 46.8 Å². The van der Waals surface area contributed by atoms with Crippen LogP contribution in [0.25, 0.3) is 11.1 Å². The molecule has 11 nitrogen and oxygen atoms in total. The van der Waals surface area contributed by atoms with E-state index in [1.54, 1.807) is 31.2 Å². The SMILES string of the molecule is C=C(C)C(=O)NCc1ccc(NC(=O)Nc2ccc3c(c2)Cc2cc(NC(=O)Nc4ccc(CNC(=O)NCCCC)cc4)ccc2-3)cc1. The first kappa shape index (κ1) is 34.2. The fourth-order valence-electron chi connectivity index (χ4n) is 5.32. The summed E-state index contributed by atoms with van der Waals surface area (Å²) in [7, 11) is 0. The van der Waals surface area contributed by atoms with Crippen LogP contribution in [0.5, 0.6) is 0 Å². The van der Waals surface area contributed by atoms with E-state index in [2.05, 4.69) is 50.7 Å². The number of unbranched alkanes of at least 4 members (excludes halogenated alkanes) is 1. The van der Waals surface area contributed by atoms with Crippen LogP contribution in [0.2, 0.25) is 0 Å². The molecule has 4 aromatic carbocycles. The average Bonchev–Trinajstić information content (AvgIpc) is 3.44. The maximum atomic E-state index is 12.7. The summed E-state index contributed by atoms with van der Waals surface area (Å²) in [4.78, 5) is 49.0. The predicted molar refractivity (Wildman–Crippen MR) is 195 cm³/mol. The lowest BCUT2D eigenvalue weighted by Gasteiger charge is -2.11. The number of nitrogens with one attached hydrogen (secondary N) is 7. The summed E-state index contributed by atoms with van der Waals surface area (Å²) in [5.74, 6) is -0.200. The Morgan fingerprint density at radius 1 is 0.592 bits per heavy atom. The van der Waals surface area contributed by atoms with Crippen LogP contribution in [-0.4, -0.2) is 30.5 Å². The molecule has 7 N–H and O–H groups in total. The van der Waals surface area contributed by atoms with Crippen LogP contribution in [0.4, 0.5) is 37.1 Å². The molecule has 4 aromatic rings. The van der Waals surface area contributed by atoms with Gasteiger partial charge in [0.05, 0.1) is 0 Å². The summed E-state index contributed by atoms with van der Waals surface area (Å²) in [5.41, 5.74) is 9.17. The molecule has 0 aliphatic heterocycles. The van der Waals surface area contributed by atoms with E-state index in [-0.39, 0.29) is 24.0 Å². The topological polar surface area (TPSA) is 152 Å². The fourth-order valence-corrected chi connectivity index (χ4v) is 5.32. The highest BCUT2D eigenvalue weighted by molar-refractivity contribution is 6.01. The molecule has 0 radical (unpaired) electrons. The van der Waals surface area contributed by atoms with Crippen LogP contribution in [0.1, 0.15) is 48.9 Å². The number of urea groups is 3. The molecule has 0 saturated heterocycles. The van der Waals surface area contributed by atoms with Gasteiger partial charge in [0, 0.05) is 48.0 Å². The van der Waals surface area contributed by atoms with Crippen molar-refractivity contribution in [2.24, 2.45) is 0 Å². The zero-order valence-corrected chi connectivity index (χ0v) is 27.7. The van der Waals surface area contributed by atoms with Crippen molar-refractivity contribution < 1.29 is 19.2 Å². The van der Waals surface area contributed by atoms with Crippen molar-refractivity contribution in [1.82, 2.24) is 16.0 Å². The highest BCUT2D eigenvalue weighted by atomic mass is 16.2. The monoisotopic (exact) mass is 659 g/mol. The standard InChI is InChI=1S/C38H41N7O4/c1-4-5-18-39-36(47)41-23-26-8-12-30(13-9-26)43-38(49)45-32-15-17-34-28(21-32)19-27-20-31(14-16-33(27)34)44-37(48)42-29-10-6-25(7-11-29)22-40-35(46)24(2)3/h6-17,20-21H,2,4-5,18-19,22-23H2,1,3H3,(H,40,46)(H2,39,41,47)(H2,42,44,48)(H2,43,45,49). The number of carbonyl (C=O) groups is 4. The summed E-state index contributed by atoms with van der Waals surface area (Å²) in [5, 5.41) is 19.9. The largest absolute Gasteiger partial charge is 0.348 e. The van der Waals surface area contributed by atoms with Crippen molar-refractivity contribution in [2.45, 2.75) is 46.2 Å². The van der Waals surface area contributed by atoms with Gasteiger partial charge in [0.15, 0.2) is 0 Å². The van der Waals surface area contributed by atoms with E-state index >= 15 is 0 Å². The highest BCUT2D eigenvalue weighted by Gasteiger charge is 2.20. The van der Waals surface area contributed by atoms with Crippen molar-refractivity contribution in [1.29, 1.82) is 0 Å². The average molecular weight is 660 g/mol. The molecule has 0 spiro atoms. The third-order valence-electron chi connectivity index (χ3n) is 7.93. The minimum absolute atomic E-state index is 0.198. The highest BCUT2D eigenvalue weighted by Crippen LogP contribution is 2.39. The van der Waals surface area contributed by atoms with Crippen LogP contribution in [0.3, 0.4) is 0 Å². The zero-order valence-electron chi connectivity index (χ0n) is 27.7. The number of hydrogen-bond donors (Lipinski definition) is 7. The Labute approximate surface area is 286 Å². The Bertz CT molecular complexity index is 1850. The minimum Gasteiger partial charge on any atom is -0.348 e. The second-order valence-electron chi connectivity index (χ2n) is 11.9. The first-order chi connectivity index (χ1) is 23.7. The maximum Gasteiger partial charge on any atom is 0.323 e. The molecule has 1 aliphatic carbocycles. The van der Waals surface area contributed by atoms with E-state index in [9.17, 15) is 19.2 Å². The Morgan fingerprint density at radius 3 is 1.51 bits per heavy atom. The molecule has 0 aromatic heterocycles.